The topological polar surface area (TPSA) is 62.6 Å². The Bertz CT molecular complexity index is 913. The first kappa shape index (κ1) is 16.9. The minimum absolute atomic E-state index is 0.203. The van der Waals surface area contributed by atoms with Crippen molar-refractivity contribution in [2.45, 2.75) is 33.1 Å². The molecule has 2 aliphatic rings. The van der Waals surface area contributed by atoms with Crippen molar-refractivity contribution in [3.05, 3.63) is 34.6 Å². The maximum absolute atomic E-state index is 13.3. The maximum Gasteiger partial charge on any atom is 0.282 e. The van der Waals surface area contributed by atoms with E-state index < -0.39 is 0 Å². The molecule has 0 saturated heterocycles. The lowest BCUT2D eigenvalue weighted by atomic mass is 9.98. The molecule has 2 aliphatic carbocycles. The molecule has 138 valence electrons. The summed E-state index contributed by atoms with van der Waals surface area (Å²) in [6, 6.07) is 3.41. The van der Waals surface area contributed by atoms with Gasteiger partial charge >= 0.3 is 0 Å². The van der Waals surface area contributed by atoms with Gasteiger partial charge in [0.05, 0.1) is 38.3 Å². The predicted molar refractivity (Wildman–Crippen MR) is 96.5 cm³/mol. The van der Waals surface area contributed by atoms with Gasteiger partial charge in [0.25, 0.3) is 5.91 Å². The second-order valence-corrected chi connectivity index (χ2v) is 7.65. The van der Waals surface area contributed by atoms with Crippen LogP contribution in [0.2, 0.25) is 0 Å². The quantitative estimate of drug-likeness (QED) is 0.842. The van der Waals surface area contributed by atoms with Gasteiger partial charge in [-0.1, -0.05) is 13.8 Å². The van der Waals surface area contributed by atoms with E-state index in [1.165, 1.54) is 19.8 Å². The van der Waals surface area contributed by atoms with Crippen LogP contribution in [0.15, 0.2) is 12.1 Å². The molecule has 0 radical (unpaired) electrons. The van der Waals surface area contributed by atoms with Crippen LogP contribution in [0.4, 0.5) is 0 Å². The fourth-order valence-corrected chi connectivity index (χ4v) is 4.65. The molecule has 1 saturated carbocycles. The second kappa shape index (κ2) is 5.50. The number of rotatable bonds is 4. The van der Waals surface area contributed by atoms with Gasteiger partial charge in [-0.2, -0.15) is 5.10 Å². The van der Waals surface area contributed by atoms with Gasteiger partial charge in [0, 0.05) is 5.56 Å². The minimum atomic E-state index is -0.203. The van der Waals surface area contributed by atoms with Crippen molar-refractivity contribution in [3.63, 3.8) is 0 Å². The third kappa shape index (κ3) is 2.04. The normalized spacial score (nSPS) is 21.8. The summed E-state index contributed by atoms with van der Waals surface area (Å²) in [5.41, 5.74) is 3.97. The Balaban J connectivity index is 1.80. The number of hydrogen-bond acceptors (Lipinski definition) is 5. The fourth-order valence-electron chi connectivity index (χ4n) is 4.65. The summed E-state index contributed by atoms with van der Waals surface area (Å²) in [5.74, 6) is 2.22. The molecule has 6 heteroatoms. The van der Waals surface area contributed by atoms with Crippen molar-refractivity contribution in [2.75, 3.05) is 21.3 Å². The SMILES string of the molecule is COc1ccc(C(=O)n2nc(C)c3c2C[C@@H]2[C@H]3C2(C)C)c(OC)c1OC. The van der Waals surface area contributed by atoms with E-state index in [9.17, 15) is 4.79 Å². The van der Waals surface area contributed by atoms with Crippen molar-refractivity contribution in [3.8, 4) is 17.2 Å². The van der Waals surface area contributed by atoms with Gasteiger partial charge in [0.1, 0.15) is 0 Å². The average Bonchev–Trinajstić information content (AvgIpc) is 2.98. The predicted octanol–water partition coefficient (Wildman–Crippen LogP) is 3.20. The Kier molecular flexibility index (Phi) is 3.58. The van der Waals surface area contributed by atoms with Crippen molar-refractivity contribution in [1.29, 1.82) is 0 Å². The van der Waals surface area contributed by atoms with E-state index in [-0.39, 0.29) is 5.91 Å². The Hall–Kier alpha value is -2.50. The number of aryl methyl sites for hydroxylation is 1. The molecule has 1 aromatic carbocycles. The smallest absolute Gasteiger partial charge is 0.282 e. The van der Waals surface area contributed by atoms with Crippen LogP contribution in [0.5, 0.6) is 17.2 Å². The van der Waals surface area contributed by atoms with E-state index in [1.807, 2.05) is 6.92 Å². The first-order valence-corrected chi connectivity index (χ1v) is 8.78. The van der Waals surface area contributed by atoms with E-state index in [1.54, 1.807) is 23.9 Å². The lowest BCUT2D eigenvalue weighted by Crippen LogP contribution is -2.19. The van der Waals surface area contributed by atoms with Gasteiger partial charge in [-0.25, -0.2) is 4.68 Å². The lowest BCUT2D eigenvalue weighted by molar-refractivity contribution is 0.0937. The Labute approximate surface area is 153 Å². The molecule has 2 atom stereocenters. The highest BCUT2D eigenvalue weighted by Crippen LogP contribution is 2.70. The van der Waals surface area contributed by atoms with Crippen LogP contribution in [0, 0.1) is 18.3 Å². The molecule has 0 amide bonds. The molecule has 0 aliphatic heterocycles. The number of carbonyl (C=O) groups excluding carboxylic acids is 1. The standard InChI is InChI=1S/C20H24N2O4/c1-10-15-13(9-12-16(15)20(12,2)3)22(21-10)19(23)11-7-8-14(24-4)18(26-6)17(11)25-5/h7-8,12,16H,9H2,1-6H3/t12-,16-/m1/s1. The molecule has 26 heavy (non-hydrogen) atoms. The number of carbonyl (C=O) groups is 1. The van der Waals surface area contributed by atoms with Gasteiger partial charge in [-0.15, -0.1) is 0 Å². The minimum Gasteiger partial charge on any atom is -0.493 e. The zero-order valence-corrected chi connectivity index (χ0v) is 16.0. The van der Waals surface area contributed by atoms with Gasteiger partial charge in [-0.05, 0) is 42.7 Å². The van der Waals surface area contributed by atoms with Gasteiger partial charge in [0.2, 0.25) is 5.75 Å². The molecular formula is C20H24N2O4. The van der Waals surface area contributed by atoms with Gasteiger partial charge < -0.3 is 14.2 Å². The summed E-state index contributed by atoms with van der Waals surface area (Å²) in [7, 11) is 4.60. The second-order valence-electron chi connectivity index (χ2n) is 7.65. The highest BCUT2D eigenvalue weighted by Gasteiger charge is 2.64. The maximum atomic E-state index is 13.3. The van der Waals surface area contributed by atoms with Crippen molar-refractivity contribution in [2.24, 2.45) is 11.3 Å². The molecule has 1 aromatic heterocycles. The molecule has 1 heterocycles. The number of fused-ring (bicyclic) bond motifs is 3. The van der Waals surface area contributed by atoms with Crippen molar-refractivity contribution >= 4 is 5.91 Å². The summed E-state index contributed by atoms with van der Waals surface area (Å²) >= 11 is 0. The number of aromatic nitrogens is 2. The Morgan fingerprint density at radius 2 is 1.85 bits per heavy atom. The summed E-state index contributed by atoms with van der Waals surface area (Å²) < 4.78 is 17.7. The summed E-state index contributed by atoms with van der Waals surface area (Å²) in [4.78, 5) is 13.3. The van der Waals surface area contributed by atoms with Crippen molar-refractivity contribution < 1.29 is 19.0 Å². The third-order valence-corrected chi connectivity index (χ3v) is 6.11. The Morgan fingerprint density at radius 1 is 1.15 bits per heavy atom. The van der Waals surface area contributed by atoms with Crippen LogP contribution in [0.3, 0.4) is 0 Å². The molecule has 1 fully saturated rings. The number of nitrogens with zero attached hydrogens (tertiary/aromatic N) is 2. The van der Waals surface area contributed by atoms with Crippen LogP contribution in [0.1, 0.15) is 47.1 Å². The summed E-state index contributed by atoms with van der Waals surface area (Å²) in [6.07, 6.45) is 0.898. The fraction of sp³-hybridized carbons (Fsp3) is 0.500. The molecule has 2 aromatic rings. The van der Waals surface area contributed by atoms with E-state index in [2.05, 4.69) is 18.9 Å². The molecule has 0 N–H and O–H groups in total. The largest absolute Gasteiger partial charge is 0.493 e. The van der Waals surface area contributed by atoms with Crippen LogP contribution in [-0.4, -0.2) is 37.0 Å². The molecule has 4 rings (SSSR count). The van der Waals surface area contributed by atoms with E-state index >= 15 is 0 Å². The number of ether oxygens (including phenoxy) is 3. The molecular weight excluding hydrogens is 332 g/mol. The molecule has 0 spiro atoms. The third-order valence-electron chi connectivity index (χ3n) is 6.11. The zero-order valence-electron chi connectivity index (χ0n) is 16.0. The molecule has 0 bridgehead atoms. The van der Waals surface area contributed by atoms with Crippen LogP contribution in [-0.2, 0) is 6.42 Å². The van der Waals surface area contributed by atoms with Crippen molar-refractivity contribution in [1.82, 2.24) is 9.78 Å². The number of benzene rings is 1. The van der Waals surface area contributed by atoms with Gasteiger partial charge in [0.15, 0.2) is 11.5 Å². The summed E-state index contributed by atoms with van der Waals surface area (Å²) in [5, 5.41) is 4.56. The zero-order chi connectivity index (χ0) is 18.8. The van der Waals surface area contributed by atoms with Crippen LogP contribution >= 0.6 is 0 Å². The number of methoxy groups -OCH3 is 3. The summed E-state index contributed by atoms with van der Waals surface area (Å²) in [6.45, 7) is 6.58. The first-order chi connectivity index (χ1) is 12.4. The van der Waals surface area contributed by atoms with E-state index in [4.69, 9.17) is 14.2 Å². The van der Waals surface area contributed by atoms with E-state index in [0.29, 0.717) is 40.1 Å². The highest BCUT2D eigenvalue weighted by molar-refractivity contribution is 6.00. The van der Waals surface area contributed by atoms with E-state index in [0.717, 1.165) is 17.8 Å². The van der Waals surface area contributed by atoms with Crippen LogP contribution < -0.4 is 14.2 Å². The van der Waals surface area contributed by atoms with Gasteiger partial charge in [-0.3, -0.25) is 4.79 Å². The highest BCUT2D eigenvalue weighted by atomic mass is 16.5. The molecule has 6 nitrogen and oxygen atoms in total. The Morgan fingerprint density at radius 3 is 2.46 bits per heavy atom. The van der Waals surface area contributed by atoms with Crippen LogP contribution in [0.25, 0.3) is 0 Å². The monoisotopic (exact) mass is 356 g/mol. The molecule has 0 unspecified atom stereocenters. The average molecular weight is 356 g/mol. The lowest BCUT2D eigenvalue weighted by Gasteiger charge is -2.16. The first-order valence-electron chi connectivity index (χ1n) is 8.78. The number of hydrogen-bond donors (Lipinski definition) is 0.